The summed E-state index contributed by atoms with van der Waals surface area (Å²) >= 11 is 0. The zero-order valence-electron chi connectivity index (χ0n) is 14.3. The highest BCUT2D eigenvalue weighted by Crippen LogP contribution is 2.39. The molecule has 0 bridgehead atoms. The normalized spacial score (nSPS) is 19.3. The minimum absolute atomic E-state index is 0.0288. The van der Waals surface area contributed by atoms with Crippen molar-refractivity contribution >= 4 is 27.3 Å². The molecule has 7 heteroatoms. The number of sulfonamides is 1. The van der Waals surface area contributed by atoms with Crippen LogP contribution >= 0.6 is 0 Å². The summed E-state index contributed by atoms with van der Waals surface area (Å²) in [5.74, 6) is -0.178. The second-order valence-corrected chi connectivity index (χ2v) is 8.62. The summed E-state index contributed by atoms with van der Waals surface area (Å²) < 4.78 is 40.7. The molecule has 1 N–H and O–H groups in total. The highest BCUT2D eigenvalue weighted by atomic mass is 32.2. The van der Waals surface area contributed by atoms with Crippen LogP contribution in [0.4, 0.5) is 15.8 Å². The Balaban J connectivity index is 1.62. The molecule has 4 rings (SSSR count). The van der Waals surface area contributed by atoms with Crippen LogP contribution in [0, 0.1) is 11.7 Å². The largest absolute Gasteiger partial charge is 0.309 e. The number of nitrogens with zero attached hydrogens (tertiary/aromatic N) is 1. The monoisotopic (exact) mass is 374 g/mol. The predicted octanol–water partition coefficient (Wildman–Crippen LogP) is 3.31. The molecular formula is C19H19FN2O3S. The van der Waals surface area contributed by atoms with E-state index in [4.69, 9.17) is 0 Å². The van der Waals surface area contributed by atoms with Crippen LogP contribution in [0.1, 0.15) is 25.3 Å². The van der Waals surface area contributed by atoms with Gasteiger partial charge in [-0.3, -0.25) is 9.52 Å². The van der Waals surface area contributed by atoms with Gasteiger partial charge in [-0.25, -0.2) is 12.8 Å². The molecule has 0 spiro atoms. The average molecular weight is 374 g/mol. The molecule has 1 aliphatic heterocycles. The van der Waals surface area contributed by atoms with E-state index in [1.807, 2.05) is 6.92 Å². The van der Waals surface area contributed by atoms with Crippen LogP contribution < -0.4 is 9.62 Å². The van der Waals surface area contributed by atoms with Gasteiger partial charge < -0.3 is 4.90 Å². The topological polar surface area (TPSA) is 66.5 Å². The fourth-order valence-electron chi connectivity index (χ4n) is 3.37. The van der Waals surface area contributed by atoms with E-state index in [1.165, 1.54) is 30.3 Å². The van der Waals surface area contributed by atoms with Crippen molar-refractivity contribution in [2.24, 2.45) is 5.92 Å². The van der Waals surface area contributed by atoms with Crippen molar-refractivity contribution in [3.8, 4) is 0 Å². The third-order valence-electron chi connectivity index (χ3n) is 4.84. The Kier molecular flexibility index (Phi) is 3.99. The number of amides is 1. The standard InChI is InChI=1S/C19H19FN2O3S/c1-12-10-14-11-17(8-9-18(14)22(12)19(23)13-2-3-13)26(24,25)21-16-6-4-15(20)5-7-16/h4-9,11-13,21H,2-3,10H2,1H3. The van der Waals surface area contributed by atoms with E-state index in [0.29, 0.717) is 12.1 Å². The Morgan fingerprint density at radius 3 is 2.50 bits per heavy atom. The third-order valence-corrected chi connectivity index (χ3v) is 6.22. The zero-order chi connectivity index (χ0) is 18.5. The summed E-state index contributed by atoms with van der Waals surface area (Å²) in [6.45, 7) is 1.98. The summed E-state index contributed by atoms with van der Waals surface area (Å²) in [5.41, 5.74) is 1.95. The minimum Gasteiger partial charge on any atom is -0.309 e. The van der Waals surface area contributed by atoms with Gasteiger partial charge in [-0.05, 0) is 74.2 Å². The van der Waals surface area contributed by atoms with Crippen molar-refractivity contribution in [1.82, 2.24) is 0 Å². The average Bonchev–Trinajstić information content (AvgIpc) is 3.38. The molecule has 0 saturated heterocycles. The van der Waals surface area contributed by atoms with Crippen LogP contribution in [0.2, 0.25) is 0 Å². The van der Waals surface area contributed by atoms with Crippen molar-refractivity contribution in [3.05, 3.63) is 53.8 Å². The first kappa shape index (κ1) is 17.0. The van der Waals surface area contributed by atoms with Crippen LogP contribution in [0.5, 0.6) is 0 Å². The predicted molar refractivity (Wildman–Crippen MR) is 97.0 cm³/mol. The van der Waals surface area contributed by atoms with Gasteiger partial charge in [0.05, 0.1) is 4.90 Å². The van der Waals surface area contributed by atoms with Gasteiger partial charge in [0.1, 0.15) is 5.82 Å². The third kappa shape index (κ3) is 3.07. The first-order chi connectivity index (χ1) is 12.3. The van der Waals surface area contributed by atoms with E-state index in [1.54, 1.807) is 17.0 Å². The van der Waals surface area contributed by atoms with E-state index in [-0.39, 0.29) is 22.8 Å². The smallest absolute Gasteiger partial charge is 0.261 e. The molecule has 1 atom stereocenters. The molecule has 1 unspecified atom stereocenters. The van der Waals surface area contributed by atoms with E-state index >= 15 is 0 Å². The molecule has 1 amide bonds. The van der Waals surface area contributed by atoms with Gasteiger partial charge in [0.25, 0.3) is 10.0 Å². The van der Waals surface area contributed by atoms with E-state index in [2.05, 4.69) is 4.72 Å². The molecule has 1 fully saturated rings. The van der Waals surface area contributed by atoms with Gasteiger partial charge in [0.2, 0.25) is 5.91 Å². The SMILES string of the molecule is CC1Cc2cc(S(=O)(=O)Nc3ccc(F)cc3)ccc2N1C(=O)C1CC1. The highest BCUT2D eigenvalue weighted by Gasteiger charge is 2.39. The van der Waals surface area contributed by atoms with Crippen molar-refractivity contribution in [3.63, 3.8) is 0 Å². The lowest BCUT2D eigenvalue weighted by atomic mass is 10.1. The lowest BCUT2D eigenvalue weighted by molar-refractivity contribution is -0.120. The number of anilines is 2. The van der Waals surface area contributed by atoms with Crippen LogP contribution in [0.3, 0.4) is 0 Å². The molecule has 2 aliphatic rings. The highest BCUT2D eigenvalue weighted by molar-refractivity contribution is 7.92. The summed E-state index contributed by atoms with van der Waals surface area (Å²) in [6, 6.07) is 10.0. The van der Waals surface area contributed by atoms with Gasteiger partial charge in [-0.2, -0.15) is 0 Å². The Bertz CT molecular complexity index is 969. The second-order valence-electron chi connectivity index (χ2n) is 6.94. The number of nitrogens with one attached hydrogen (secondary N) is 1. The molecule has 0 aromatic heterocycles. The minimum atomic E-state index is -3.78. The number of rotatable bonds is 4. The van der Waals surface area contributed by atoms with E-state index in [0.717, 1.165) is 24.1 Å². The molecule has 136 valence electrons. The second kappa shape index (κ2) is 6.09. The Morgan fingerprint density at radius 1 is 1.15 bits per heavy atom. The lowest BCUT2D eigenvalue weighted by Crippen LogP contribution is -2.36. The van der Waals surface area contributed by atoms with Gasteiger partial charge in [0, 0.05) is 23.3 Å². The fourth-order valence-corrected chi connectivity index (χ4v) is 4.48. The van der Waals surface area contributed by atoms with Crippen LogP contribution in [-0.2, 0) is 21.2 Å². The number of hydrogen-bond donors (Lipinski definition) is 1. The number of benzene rings is 2. The number of carbonyl (C=O) groups is 1. The molecule has 2 aromatic carbocycles. The molecule has 0 radical (unpaired) electrons. The maximum Gasteiger partial charge on any atom is 0.261 e. The maximum absolute atomic E-state index is 13.0. The van der Waals surface area contributed by atoms with Gasteiger partial charge in [0.15, 0.2) is 0 Å². The van der Waals surface area contributed by atoms with Crippen molar-refractivity contribution in [2.45, 2.75) is 37.1 Å². The lowest BCUT2D eigenvalue weighted by Gasteiger charge is -2.22. The summed E-state index contributed by atoms with van der Waals surface area (Å²) in [6.07, 6.45) is 2.50. The molecule has 1 heterocycles. The number of fused-ring (bicyclic) bond motifs is 1. The summed E-state index contributed by atoms with van der Waals surface area (Å²) in [4.78, 5) is 14.4. The fraction of sp³-hybridized carbons (Fsp3) is 0.316. The number of carbonyl (C=O) groups excluding carboxylic acids is 1. The zero-order valence-corrected chi connectivity index (χ0v) is 15.1. The summed E-state index contributed by atoms with van der Waals surface area (Å²) in [7, 11) is -3.78. The molecule has 1 aliphatic carbocycles. The Morgan fingerprint density at radius 2 is 1.85 bits per heavy atom. The van der Waals surface area contributed by atoms with Crippen molar-refractivity contribution in [2.75, 3.05) is 9.62 Å². The molecule has 2 aromatic rings. The molecule has 26 heavy (non-hydrogen) atoms. The van der Waals surface area contributed by atoms with Crippen LogP contribution in [0.25, 0.3) is 0 Å². The molecular weight excluding hydrogens is 355 g/mol. The number of halogens is 1. The number of hydrogen-bond acceptors (Lipinski definition) is 3. The first-order valence-electron chi connectivity index (χ1n) is 8.59. The van der Waals surface area contributed by atoms with E-state index in [9.17, 15) is 17.6 Å². The quantitative estimate of drug-likeness (QED) is 0.893. The van der Waals surface area contributed by atoms with Gasteiger partial charge in [-0.1, -0.05) is 0 Å². The Labute approximate surface area is 151 Å². The first-order valence-corrected chi connectivity index (χ1v) is 10.1. The van der Waals surface area contributed by atoms with E-state index < -0.39 is 15.8 Å². The molecule has 1 saturated carbocycles. The molecule has 5 nitrogen and oxygen atoms in total. The maximum atomic E-state index is 13.0. The van der Waals surface area contributed by atoms with Crippen LogP contribution in [0.15, 0.2) is 47.4 Å². The van der Waals surface area contributed by atoms with Crippen LogP contribution in [-0.4, -0.2) is 20.4 Å². The van der Waals surface area contributed by atoms with Gasteiger partial charge in [-0.15, -0.1) is 0 Å². The van der Waals surface area contributed by atoms with Crippen molar-refractivity contribution in [1.29, 1.82) is 0 Å². The summed E-state index contributed by atoms with van der Waals surface area (Å²) in [5, 5.41) is 0. The van der Waals surface area contributed by atoms with Gasteiger partial charge >= 0.3 is 0 Å². The Hall–Kier alpha value is -2.41. The van der Waals surface area contributed by atoms with Crippen molar-refractivity contribution < 1.29 is 17.6 Å².